The van der Waals surface area contributed by atoms with Gasteiger partial charge >= 0.3 is 0 Å². The molecule has 2 saturated heterocycles. The zero-order chi connectivity index (χ0) is 58.3. The highest BCUT2D eigenvalue weighted by molar-refractivity contribution is 6.08. The third-order valence-electron chi connectivity index (χ3n) is 14.8. The Labute approximate surface area is 500 Å². The maximum Gasteiger partial charge on any atom is 0.230 e. The van der Waals surface area contributed by atoms with E-state index < -0.39 is 0 Å². The molecule has 438 valence electrons. The topological polar surface area (TPSA) is 129 Å². The Balaban J connectivity index is 0.632. The lowest BCUT2D eigenvalue weighted by atomic mass is 9.91. The van der Waals surface area contributed by atoms with Gasteiger partial charge in [-0.15, -0.1) is 0 Å². The van der Waals surface area contributed by atoms with Crippen molar-refractivity contribution in [3.63, 3.8) is 0 Å². The van der Waals surface area contributed by atoms with Crippen LogP contribution in [0.2, 0.25) is 0 Å². The van der Waals surface area contributed by atoms with E-state index in [0.29, 0.717) is 82.5 Å². The molecule has 86 heavy (non-hydrogen) atoms. The highest BCUT2D eigenvalue weighted by atomic mass is 16.7. The van der Waals surface area contributed by atoms with E-state index in [1.165, 1.54) is 0 Å². The minimum absolute atomic E-state index is 0.00376. The van der Waals surface area contributed by atoms with Crippen LogP contribution >= 0.6 is 0 Å². The normalized spacial score (nSPS) is 13.1. The van der Waals surface area contributed by atoms with Gasteiger partial charge in [0.25, 0.3) is 0 Å². The molecule has 10 aromatic carbocycles. The average molecular weight is 1160 g/mol. The van der Waals surface area contributed by atoms with Gasteiger partial charge in [-0.3, -0.25) is 0 Å². The molecule has 0 unspecified atom stereocenters. The van der Waals surface area contributed by atoms with Gasteiger partial charge in [-0.2, -0.15) is 0 Å². The second kappa shape index (κ2) is 28.0. The number of hydrogen-bond donors (Lipinski definition) is 0. The Hall–Kier alpha value is -9.44. The van der Waals surface area contributed by atoms with Crippen molar-refractivity contribution in [2.45, 2.75) is 13.8 Å². The lowest BCUT2D eigenvalue weighted by Crippen LogP contribution is -2.32. The highest BCUT2D eigenvalue weighted by Crippen LogP contribution is 2.43. The van der Waals surface area contributed by atoms with E-state index in [4.69, 9.17) is 66.3 Å². The molecule has 2 aliphatic rings. The van der Waals surface area contributed by atoms with Gasteiger partial charge in [0, 0.05) is 17.4 Å². The van der Waals surface area contributed by atoms with Crippen LogP contribution in [0.4, 0.5) is 0 Å². The molecule has 0 aromatic heterocycles. The van der Waals surface area contributed by atoms with E-state index in [1.807, 2.05) is 152 Å². The Bertz CT molecular complexity index is 3790. The molecule has 10 aromatic rings. The predicted octanol–water partition coefficient (Wildman–Crippen LogP) is 15.3. The fourth-order valence-corrected chi connectivity index (χ4v) is 9.89. The molecule has 2 fully saturated rings. The van der Waals surface area contributed by atoms with Crippen LogP contribution in [0.25, 0.3) is 54.9 Å². The number of hydrogen-bond acceptors (Lipinski definition) is 14. The first kappa shape index (κ1) is 57.0. The van der Waals surface area contributed by atoms with Crippen LogP contribution in [-0.2, 0) is 18.9 Å². The largest absolute Gasteiger partial charge is 0.468 e. The number of aryl methyl sites for hydroxylation is 2. The summed E-state index contributed by atoms with van der Waals surface area (Å²) in [6, 6.07) is 67.5. The van der Waals surface area contributed by atoms with E-state index in [9.17, 15) is 0 Å². The predicted molar refractivity (Wildman–Crippen MR) is 329 cm³/mol. The van der Waals surface area contributed by atoms with Gasteiger partial charge in [-0.05, 0) is 178 Å². The summed E-state index contributed by atoms with van der Waals surface area (Å²) in [6.45, 7) is 8.97. The van der Waals surface area contributed by atoms with Crippen LogP contribution in [-0.4, -0.2) is 80.4 Å². The van der Waals surface area contributed by atoms with Crippen molar-refractivity contribution in [2.75, 3.05) is 80.4 Å². The fourth-order valence-electron chi connectivity index (χ4n) is 9.89. The standard InChI is InChI=1S/C72H66O14/c1-49-4-31-69-57(33-49)13-32-71(86-48-84-62-20-11-56(12-21-62)54-7-16-60(17-8-54)80-46-82-66-28-24-64(25-29-66)78-44-76-42-52-39-74-40-52)72(69)70-36-67(35-58-34-50(2)3-30-68(58)70)85-47-83-61-18-9-55(10-19-61)53-5-14-59(15-6-53)79-45-81-65-26-22-63(23-27-65)77-43-75-41-51-37-73-38-51/h3-36,51-52H,37-48H2,1-2H3. The maximum atomic E-state index is 6.56. The van der Waals surface area contributed by atoms with Gasteiger partial charge in [0.2, 0.25) is 27.2 Å². The summed E-state index contributed by atoms with van der Waals surface area (Å²) in [7, 11) is 0. The summed E-state index contributed by atoms with van der Waals surface area (Å²) in [4.78, 5) is 0. The summed E-state index contributed by atoms with van der Waals surface area (Å²) in [5.41, 5.74) is 8.32. The SMILES string of the molecule is Cc1ccc2c(-c3c(OCOc4ccc(-c5ccc(OCOc6ccc(OCOCC7COC7)cc6)cc5)cc4)ccc4cc(C)ccc34)cc(OCOc3ccc(-c4ccc(OCOc5ccc(OCOCC6COC6)cc5)cc4)cc3)cc2c1. The molecule has 0 bridgehead atoms. The van der Waals surface area contributed by atoms with Crippen LogP contribution in [0.1, 0.15) is 11.1 Å². The van der Waals surface area contributed by atoms with Crippen molar-refractivity contribution in [1.29, 1.82) is 0 Å². The van der Waals surface area contributed by atoms with Crippen molar-refractivity contribution in [1.82, 2.24) is 0 Å². The molecule has 14 nitrogen and oxygen atoms in total. The van der Waals surface area contributed by atoms with Gasteiger partial charge in [0.1, 0.15) is 57.5 Å². The molecule has 12 rings (SSSR count). The fraction of sp³-hybridized carbons (Fsp3) is 0.222. The lowest BCUT2D eigenvalue weighted by Gasteiger charge is -2.25. The van der Waals surface area contributed by atoms with E-state index in [0.717, 1.165) is 92.5 Å². The van der Waals surface area contributed by atoms with Crippen molar-refractivity contribution < 1.29 is 66.3 Å². The summed E-state index contributed by atoms with van der Waals surface area (Å²) in [5.74, 6) is 7.74. The summed E-state index contributed by atoms with van der Waals surface area (Å²) >= 11 is 0. The van der Waals surface area contributed by atoms with Gasteiger partial charge in [-0.1, -0.05) is 102 Å². The molecule has 14 heteroatoms. The Morgan fingerprint density at radius 1 is 0.302 bits per heavy atom. The zero-order valence-corrected chi connectivity index (χ0v) is 48.0. The first-order valence-electron chi connectivity index (χ1n) is 28.7. The molecule has 2 aliphatic heterocycles. The molecule has 2 heterocycles. The Kier molecular flexibility index (Phi) is 18.5. The lowest BCUT2D eigenvalue weighted by molar-refractivity contribution is -0.0926. The minimum atomic E-state index is -0.0149. The molecule has 0 amide bonds. The number of ether oxygens (including phenoxy) is 14. The van der Waals surface area contributed by atoms with E-state index in [-0.39, 0.29) is 40.8 Å². The number of fused-ring (bicyclic) bond motifs is 2. The quantitative estimate of drug-likeness (QED) is 0.0326. The smallest absolute Gasteiger partial charge is 0.230 e. The average Bonchev–Trinajstić information content (AvgIpc) is 2.74. The van der Waals surface area contributed by atoms with Crippen molar-refractivity contribution in [3.8, 4) is 90.9 Å². The van der Waals surface area contributed by atoms with Crippen LogP contribution < -0.4 is 47.4 Å². The highest BCUT2D eigenvalue weighted by Gasteiger charge is 2.20. The second-order valence-corrected chi connectivity index (χ2v) is 21.1. The molecular formula is C72H66O14. The molecule has 0 N–H and O–H groups in total. The van der Waals surface area contributed by atoms with Crippen LogP contribution in [0, 0.1) is 25.7 Å². The zero-order valence-electron chi connectivity index (χ0n) is 48.0. The second-order valence-electron chi connectivity index (χ2n) is 21.1. The maximum absolute atomic E-state index is 6.56. The van der Waals surface area contributed by atoms with Crippen molar-refractivity contribution in [2.24, 2.45) is 11.8 Å². The summed E-state index contributed by atoms with van der Waals surface area (Å²) in [6.07, 6.45) is 0. The third-order valence-corrected chi connectivity index (χ3v) is 14.8. The van der Waals surface area contributed by atoms with E-state index in [2.05, 4.69) is 68.4 Å². The number of rotatable bonds is 29. The van der Waals surface area contributed by atoms with Gasteiger partial charge < -0.3 is 66.3 Å². The van der Waals surface area contributed by atoms with Crippen LogP contribution in [0.3, 0.4) is 0 Å². The van der Waals surface area contributed by atoms with Crippen LogP contribution in [0.15, 0.2) is 206 Å². The van der Waals surface area contributed by atoms with Gasteiger partial charge in [-0.25, -0.2) is 0 Å². The Morgan fingerprint density at radius 3 is 1.02 bits per heavy atom. The molecule has 0 spiro atoms. The molecular weight excluding hydrogens is 1090 g/mol. The molecule has 0 aliphatic carbocycles. The minimum Gasteiger partial charge on any atom is -0.468 e. The van der Waals surface area contributed by atoms with E-state index in [1.54, 1.807) is 0 Å². The summed E-state index contributed by atoms with van der Waals surface area (Å²) < 4.78 is 81.5. The molecule has 0 radical (unpaired) electrons. The third kappa shape index (κ3) is 15.1. The summed E-state index contributed by atoms with van der Waals surface area (Å²) in [5, 5.41) is 4.23. The Morgan fingerprint density at radius 2 is 0.640 bits per heavy atom. The van der Waals surface area contributed by atoms with Crippen LogP contribution in [0.5, 0.6) is 57.5 Å². The molecule has 0 saturated carbocycles. The monoisotopic (exact) mass is 1150 g/mol. The first-order chi connectivity index (χ1) is 42.4. The number of benzene rings is 10. The van der Waals surface area contributed by atoms with Crippen molar-refractivity contribution >= 4 is 21.5 Å². The van der Waals surface area contributed by atoms with Gasteiger partial charge in [0.15, 0.2) is 13.6 Å². The first-order valence-corrected chi connectivity index (χ1v) is 28.7. The van der Waals surface area contributed by atoms with Gasteiger partial charge in [0.05, 0.1) is 39.6 Å². The van der Waals surface area contributed by atoms with Crippen molar-refractivity contribution in [3.05, 3.63) is 217 Å². The molecule has 0 atom stereocenters. The van der Waals surface area contributed by atoms with E-state index >= 15 is 0 Å².